The molecule has 0 bridgehead atoms. The molecule has 1 aromatic heterocycles. The highest BCUT2D eigenvalue weighted by Gasteiger charge is 2.12. The maximum absolute atomic E-state index is 9.71. The minimum Gasteiger partial charge on any atom is -0.506 e. The molecule has 0 fully saturated rings. The summed E-state index contributed by atoms with van der Waals surface area (Å²) >= 11 is 0. The Kier molecular flexibility index (Phi) is 3.55. The summed E-state index contributed by atoms with van der Waals surface area (Å²) in [4.78, 5) is 12.1. The van der Waals surface area contributed by atoms with E-state index in [9.17, 15) is 5.11 Å². The van der Waals surface area contributed by atoms with Gasteiger partial charge in [0.1, 0.15) is 11.4 Å². The largest absolute Gasteiger partial charge is 0.506 e. The fourth-order valence-corrected chi connectivity index (χ4v) is 1.27. The van der Waals surface area contributed by atoms with Crippen molar-refractivity contribution in [3.8, 4) is 5.75 Å². The normalized spacial score (nSPS) is 11.2. The van der Waals surface area contributed by atoms with Crippen LogP contribution in [0.3, 0.4) is 0 Å². The molecule has 1 aromatic rings. The number of aromatic hydroxyl groups is 1. The Morgan fingerprint density at radius 2 is 2.20 bits per heavy atom. The van der Waals surface area contributed by atoms with Gasteiger partial charge in [-0.1, -0.05) is 13.8 Å². The summed E-state index contributed by atoms with van der Waals surface area (Å²) in [5, 5.41) is 9.71. The molecule has 0 radical (unpaired) electrons. The number of aliphatic imine (C=N–C) groups is 2. The third kappa shape index (κ3) is 2.40. The molecule has 1 N–H and O–H groups in total. The van der Waals surface area contributed by atoms with Crippen LogP contribution in [0.4, 0.5) is 11.5 Å². The average Bonchev–Trinajstić information content (AvgIpc) is 2.18. The molecule has 0 saturated carbocycles. The van der Waals surface area contributed by atoms with E-state index in [0.717, 1.165) is 0 Å². The Morgan fingerprint density at radius 1 is 1.53 bits per heavy atom. The van der Waals surface area contributed by atoms with E-state index in [2.05, 4.69) is 21.7 Å². The van der Waals surface area contributed by atoms with Crippen LogP contribution in [0.5, 0.6) is 5.75 Å². The Balaban J connectivity index is 3.35. The molecule has 4 nitrogen and oxygen atoms in total. The van der Waals surface area contributed by atoms with Crippen molar-refractivity contribution in [3.05, 3.63) is 11.8 Å². The van der Waals surface area contributed by atoms with Gasteiger partial charge in [-0.3, -0.25) is 4.99 Å². The van der Waals surface area contributed by atoms with Gasteiger partial charge in [-0.2, -0.15) is 0 Å². The minimum absolute atomic E-state index is 0.144. The molecule has 80 valence electrons. The lowest BCUT2D eigenvalue weighted by Crippen LogP contribution is -1.93. The summed E-state index contributed by atoms with van der Waals surface area (Å²) in [6.07, 6.45) is 1.63. The first-order valence-corrected chi connectivity index (χ1v) is 4.79. The van der Waals surface area contributed by atoms with Crippen LogP contribution in [0.15, 0.2) is 16.1 Å². The molecule has 1 heterocycles. The van der Waals surface area contributed by atoms with Crippen LogP contribution in [0.2, 0.25) is 0 Å². The van der Waals surface area contributed by atoms with Crippen LogP contribution in [0.1, 0.15) is 32.4 Å². The molecular weight excluding hydrogens is 190 g/mol. The molecule has 0 aliphatic carbocycles. The van der Waals surface area contributed by atoms with Crippen LogP contribution in [-0.2, 0) is 0 Å². The van der Waals surface area contributed by atoms with Gasteiger partial charge >= 0.3 is 0 Å². The van der Waals surface area contributed by atoms with Gasteiger partial charge in [-0.05, 0) is 19.6 Å². The van der Waals surface area contributed by atoms with Crippen molar-refractivity contribution < 1.29 is 5.11 Å². The van der Waals surface area contributed by atoms with E-state index in [1.807, 2.05) is 13.8 Å². The minimum atomic E-state index is 0.144. The molecule has 0 unspecified atom stereocenters. The van der Waals surface area contributed by atoms with E-state index in [-0.39, 0.29) is 11.7 Å². The highest BCUT2D eigenvalue weighted by Crippen LogP contribution is 2.34. The Morgan fingerprint density at radius 3 is 2.67 bits per heavy atom. The SMILES string of the molecule is C=Nc1nc(C(C)C)c(O)cc1/N=C\C. The number of nitrogens with zero attached hydrogens (tertiary/aromatic N) is 3. The summed E-state index contributed by atoms with van der Waals surface area (Å²) < 4.78 is 0. The molecule has 0 aliphatic rings. The number of hydrogen-bond acceptors (Lipinski definition) is 4. The number of pyridine rings is 1. The van der Waals surface area contributed by atoms with E-state index < -0.39 is 0 Å². The molecule has 4 heteroatoms. The molecule has 0 atom stereocenters. The van der Waals surface area contributed by atoms with Crippen LogP contribution in [0, 0.1) is 0 Å². The first-order chi connectivity index (χ1) is 7.10. The van der Waals surface area contributed by atoms with Gasteiger partial charge in [0, 0.05) is 12.3 Å². The highest BCUT2D eigenvalue weighted by molar-refractivity contribution is 5.69. The summed E-state index contributed by atoms with van der Waals surface area (Å²) in [6.45, 7) is 9.14. The van der Waals surface area contributed by atoms with Crippen LogP contribution >= 0.6 is 0 Å². The number of aromatic nitrogens is 1. The topological polar surface area (TPSA) is 57.8 Å². The predicted molar refractivity (Wildman–Crippen MR) is 63.0 cm³/mol. The van der Waals surface area contributed by atoms with Gasteiger partial charge in [0.05, 0.1) is 5.69 Å². The maximum Gasteiger partial charge on any atom is 0.178 e. The van der Waals surface area contributed by atoms with Gasteiger partial charge in [0.15, 0.2) is 5.82 Å². The maximum atomic E-state index is 9.71. The van der Waals surface area contributed by atoms with Crippen LogP contribution in [0.25, 0.3) is 0 Å². The van der Waals surface area contributed by atoms with Crippen LogP contribution < -0.4 is 0 Å². The third-order valence-corrected chi connectivity index (χ3v) is 1.96. The van der Waals surface area contributed by atoms with E-state index in [1.165, 1.54) is 0 Å². The van der Waals surface area contributed by atoms with E-state index >= 15 is 0 Å². The fraction of sp³-hybridized carbons (Fsp3) is 0.364. The van der Waals surface area contributed by atoms with Crippen molar-refractivity contribution in [2.45, 2.75) is 26.7 Å². The van der Waals surface area contributed by atoms with Crippen molar-refractivity contribution >= 4 is 24.4 Å². The van der Waals surface area contributed by atoms with Gasteiger partial charge in [0.2, 0.25) is 0 Å². The second-order valence-corrected chi connectivity index (χ2v) is 3.44. The molecule has 0 aromatic carbocycles. The second kappa shape index (κ2) is 4.68. The van der Waals surface area contributed by atoms with E-state index in [1.54, 1.807) is 19.2 Å². The lowest BCUT2D eigenvalue weighted by atomic mass is 10.1. The molecular formula is C11H15N3O. The molecule has 0 amide bonds. The number of hydrogen-bond donors (Lipinski definition) is 1. The lowest BCUT2D eigenvalue weighted by Gasteiger charge is -2.09. The summed E-state index contributed by atoms with van der Waals surface area (Å²) in [5.74, 6) is 0.748. The second-order valence-electron chi connectivity index (χ2n) is 3.44. The van der Waals surface area contributed by atoms with Gasteiger partial charge in [-0.25, -0.2) is 9.98 Å². The zero-order valence-electron chi connectivity index (χ0n) is 9.23. The Labute approximate surface area is 89.4 Å². The van der Waals surface area contributed by atoms with E-state index in [4.69, 9.17) is 0 Å². The van der Waals surface area contributed by atoms with Crippen LogP contribution in [-0.4, -0.2) is 23.0 Å². The van der Waals surface area contributed by atoms with Gasteiger partial charge < -0.3 is 5.11 Å². The molecule has 0 saturated heterocycles. The Bertz CT molecular complexity index is 397. The number of rotatable bonds is 3. The Hall–Kier alpha value is -1.71. The van der Waals surface area contributed by atoms with E-state index in [0.29, 0.717) is 17.2 Å². The smallest absolute Gasteiger partial charge is 0.178 e. The zero-order valence-corrected chi connectivity index (χ0v) is 9.23. The van der Waals surface area contributed by atoms with Crippen molar-refractivity contribution in [2.24, 2.45) is 9.98 Å². The highest BCUT2D eigenvalue weighted by atomic mass is 16.3. The van der Waals surface area contributed by atoms with Crippen molar-refractivity contribution in [1.82, 2.24) is 4.98 Å². The quantitative estimate of drug-likeness (QED) is 0.771. The van der Waals surface area contributed by atoms with Gasteiger partial charge in [-0.15, -0.1) is 0 Å². The predicted octanol–water partition coefficient (Wildman–Crippen LogP) is 2.96. The monoisotopic (exact) mass is 205 g/mol. The molecule has 0 spiro atoms. The molecule has 15 heavy (non-hydrogen) atoms. The standard InChI is InChI=1S/C11H15N3O/c1-5-13-8-6-9(15)10(7(2)3)14-11(8)12-4/h5-7,15H,4H2,1-3H3/b13-5-. The molecule has 0 aliphatic heterocycles. The first-order valence-electron chi connectivity index (χ1n) is 4.79. The fourth-order valence-electron chi connectivity index (χ4n) is 1.27. The van der Waals surface area contributed by atoms with Crippen molar-refractivity contribution in [2.75, 3.05) is 0 Å². The van der Waals surface area contributed by atoms with Crippen molar-refractivity contribution in [1.29, 1.82) is 0 Å². The lowest BCUT2D eigenvalue weighted by molar-refractivity contribution is 0.460. The first kappa shape index (κ1) is 11.4. The summed E-state index contributed by atoms with van der Waals surface area (Å²) in [7, 11) is 0. The van der Waals surface area contributed by atoms with Crippen molar-refractivity contribution in [3.63, 3.8) is 0 Å². The average molecular weight is 205 g/mol. The zero-order chi connectivity index (χ0) is 11.4. The molecule has 1 rings (SSSR count). The van der Waals surface area contributed by atoms with Gasteiger partial charge in [0.25, 0.3) is 0 Å². The third-order valence-electron chi connectivity index (χ3n) is 1.96. The summed E-state index contributed by atoms with van der Waals surface area (Å²) in [6, 6.07) is 1.56. The summed E-state index contributed by atoms with van der Waals surface area (Å²) in [5.41, 5.74) is 1.15.